The van der Waals surface area contributed by atoms with Gasteiger partial charge in [0.25, 0.3) is 0 Å². The van der Waals surface area contributed by atoms with Gasteiger partial charge in [0.15, 0.2) is 0 Å². The minimum Gasteiger partial charge on any atom is -0.481 e. The summed E-state index contributed by atoms with van der Waals surface area (Å²) >= 11 is 1.39. The molecule has 0 saturated heterocycles. The Labute approximate surface area is 98.4 Å². The molecule has 1 N–H and O–H groups in total. The zero-order valence-electron chi connectivity index (χ0n) is 9.40. The molecule has 88 valence electrons. The summed E-state index contributed by atoms with van der Waals surface area (Å²) in [5.41, 5.74) is 0.928. The van der Waals surface area contributed by atoms with Crippen LogP contribution in [0.25, 0.3) is 0 Å². The lowest BCUT2D eigenvalue weighted by molar-refractivity contribution is -0.138. The normalized spacial score (nSPS) is 12.2. The van der Waals surface area contributed by atoms with Crippen LogP contribution in [0, 0.1) is 5.82 Å². The number of nitrogens with zero attached hydrogens (tertiary/aromatic N) is 1. The summed E-state index contributed by atoms with van der Waals surface area (Å²) in [4.78, 5) is 10.7. The Morgan fingerprint density at radius 2 is 2.19 bits per heavy atom. The first kappa shape index (κ1) is 12.8. The van der Waals surface area contributed by atoms with Crippen LogP contribution in [-0.4, -0.2) is 24.4 Å². The van der Waals surface area contributed by atoms with Gasteiger partial charge in [-0.1, -0.05) is 18.0 Å². The Hall–Kier alpha value is -1.23. The molecule has 1 atom stereocenters. The van der Waals surface area contributed by atoms with Crippen LogP contribution in [0.2, 0.25) is 0 Å². The van der Waals surface area contributed by atoms with E-state index in [2.05, 4.69) is 0 Å². The van der Waals surface area contributed by atoms with Gasteiger partial charge in [-0.3, -0.25) is 4.79 Å². The van der Waals surface area contributed by atoms with Crippen molar-refractivity contribution in [1.29, 1.82) is 0 Å². The van der Waals surface area contributed by atoms with Crippen LogP contribution in [0.1, 0.15) is 18.4 Å². The predicted octanol–water partition coefficient (Wildman–Crippen LogP) is 2.73. The molecule has 1 unspecified atom stereocenters. The molecular weight excluding hydrogens is 229 g/mol. The topological polar surface area (TPSA) is 40.5 Å². The molecule has 5 heteroatoms. The van der Waals surface area contributed by atoms with Gasteiger partial charge in [0.1, 0.15) is 5.82 Å². The highest BCUT2D eigenvalue weighted by Gasteiger charge is 2.16. The van der Waals surface area contributed by atoms with Crippen LogP contribution in [0.3, 0.4) is 0 Å². The maximum Gasteiger partial charge on any atom is 0.310 e. The van der Waals surface area contributed by atoms with E-state index >= 15 is 0 Å². The number of hydrogen-bond donors (Lipinski definition) is 1. The molecule has 0 spiro atoms. The smallest absolute Gasteiger partial charge is 0.310 e. The van der Waals surface area contributed by atoms with Gasteiger partial charge in [-0.2, -0.15) is 0 Å². The Morgan fingerprint density at radius 1 is 1.56 bits per heavy atom. The summed E-state index contributed by atoms with van der Waals surface area (Å²) in [7, 11) is 1.75. The van der Waals surface area contributed by atoms with Crippen molar-refractivity contribution in [2.75, 3.05) is 17.6 Å². The number of carboxylic acids is 1. The SMILES string of the molecule is CSN(C)c1ccc(C(C)C(=O)O)cc1F. The van der Waals surface area contributed by atoms with E-state index in [1.54, 1.807) is 23.5 Å². The first-order chi connectivity index (χ1) is 7.47. The largest absolute Gasteiger partial charge is 0.481 e. The lowest BCUT2D eigenvalue weighted by Gasteiger charge is -2.17. The number of halogens is 1. The summed E-state index contributed by atoms with van der Waals surface area (Å²) in [5.74, 6) is -2.05. The van der Waals surface area contributed by atoms with Crippen molar-refractivity contribution in [2.24, 2.45) is 0 Å². The number of hydrogen-bond acceptors (Lipinski definition) is 3. The van der Waals surface area contributed by atoms with Gasteiger partial charge < -0.3 is 9.41 Å². The van der Waals surface area contributed by atoms with Crippen molar-refractivity contribution < 1.29 is 14.3 Å². The van der Waals surface area contributed by atoms with E-state index in [1.807, 2.05) is 6.26 Å². The number of anilines is 1. The van der Waals surface area contributed by atoms with Crippen molar-refractivity contribution in [2.45, 2.75) is 12.8 Å². The van der Waals surface area contributed by atoms with Crippen molar-refractivity contribution in [3.05, 3.63) is 29.6 Å². The van der Waals surface area contributed by atoms with Gasteiger partial charge in [-0.05, 0) is 24.6 Å². The third-order valence-corrected chi connectivity index (χ3v) is 3.20. The highest BCUT2D eigenvalue weighted by molar-refractivity contribution is 7.99. The number of carboxylic acid groups (broad SMARTS) is 1. The van der Waals surface area contributed by atoms with Gasteiger partial charge in [0.05, 0.1) is 11.6 Å². The number of carbonyl (C=O) groups is 1. The Morgan fingerprint density at radius 3 is 2.62 bits per heavy atom. The van der Waals surface area contributed by atoms with Crippen LogP contribution in [0.5, 0.6) is 0 Å². The zero-order chi connectivity index (χ0) is 12.3. The zero-order valence-corrected chi connectivity index (χ0v) is 10.2. The molecule has 0 aromatic heterocycles. The fourth-order valence-electron chi connectivity index (χ4n) is 1.29. The number of benzene rings is 1. The minimum atomic E-state index is -0.953. The van der Waals surface area contributed by atoms with Gasteiger partial charge in [0, 0.05) is 13.3 Å². The van der Waals surface area contributed by atoms with E-state index in [0.717, 1.165) is 0 Å². The molecule has 1 aromatic rings. The first-order valence-corrected chi connectivity index (χ1v) is 5.95. The van der Waals surface area contributed by atoms with Gasteiger partial charge >= 0.3 is 5.97 Å². The lowest BCUT2D eigenvalue weighted by atomic mass is 10.0. The van der Waals surface area contributed by atoms with Gasteiger partial charge in [-0.25, -0.2) is 4.39 Å². The average Bonchev–Trinajstić information content (AvgIpc) is 2.26. The van der Waals surface area contributed by atoms with Crippen LogP contribution in [0.4, 0.5) is 10.1 Å². The quantitative estimate of drug-likeness (QED) is 0.825. The number of rotatable bonds is 4. The molecule has 0 radical (unpaired) electrons. The third kappa shape index (κ3) is 2.66. The second kappa shape index (κ2) is 5.21. The number of aliphatic carboxylic acids is 1. The van der Waals surface area contributed by atoms with Crippen molar-refractivity contribution >= 4 is 23.6 Å². The Kier molecular flexibility index (Phi) is 4.18. The van der Waals surface area contributed by atoms with Gasteiger partial charge in [-0.15, -0.1) is 0 Å². The molecule has 16 heavy (non-hydrogen) atoms. The minimum absolute atomic E-state index is 0.401. The first-order valence-electron chi connectivity index (χ1n) is 4.77. The Bertz CT molecular complexity index is 398. The van der Waals surface area contributed by atoms with E-state index in [-0.39, 0.29) is 0 Å². The second-order valence-corrected chi connectivity index (χ2v) is 4.36. The lowest BCUT2D eigenvalue weighted by Crippen LogP contribution is -2.10. The maximum absolute atomic E-state index is 13.7. The Balaban J connectivity index is 3.04. The molecule has 0 amide bonds. The molecule has 0 saturated carbocycles. The predicted molar refractivity (Wildman–Crippen MR) is 64.4 cm³/mol. The second-order valence-electron chi connectivity index (χ2n) is 3.45. The van der Waals surface area contributed by atoms with E-state index in [4.69, 9.17) is 5.11 Å². The molecule has 0 aliphatic carbocycles. The molecule has 0 aliphatic rings. The van der Waals surface area contributed by atoms with Gasteiger partial charge in [0.2, 0.25) is 0 Å². The summed E-state index contributed by atoms with van der Waals surface area (Å²) in [6.07, 6.45) is 1.84. The van der Waals surface area contributed by atoms with Crippen LogP contribution >= 0.6 is 11.9 Å². The monoisotopic (exact) mass is 243 g/mol. The summed E-state index contributed by atoms with van der Waals surface area (Å²) in [6, 6.07) is 4.52. The highest BCUT2D eigenvalue weighted by atomic mass is 32.2. The van der Waals surface area contributed by atoms with Crippen LogP contribution < -0.4 is 4.31 Å². The molecule has 1 rings (SSSR count). The van der Waals surface area contributed by atoms with E-state index < -0.39 is 17.7 Å². The average molecular weight is 243 g/mol. The molecule has 0 aliphatic heterocycles. The molecule has 1 aromatic carbocycles. The van der Waals surface area contributed by atoms with Crippen molar-refractivity contribution in [1.82, 2.24) is 0 Å². The van der Waals surface area contributed by atoms with Crippen molar-refractivity contribution in [3.63, 3.8) is 0 Å². The van der Waals surface area contributed by atoms with Crippen LogP contribution in [0.15, 0.2) is 18.2 Å². The molecule has 0 heterocycles. The standard InChI is InChI=1S/C11H14FNO2S/c1-7(11(14)15)8-4-5-10(9(12)6-8)13(2)16-3/h4-7H,1-3H3,(H,14,15). The fraction of sp³-hybridized carbons (Fsp3) is 0.364. The molecule has 3 nitrogen and oxygen atoms in total. The van der Waals surface area contributed by atoms with E-state index in [1.165, 1.54) is 24.9 Å². The van der Waals surface area contributed by atoms with E-state index in [9.17, 15) is 9.18 Å². The summed E-state index contributed by atoms with van der Waals surface area (Å²) in [6.45, 7) is 1.54. The fourth-order valence-corrected chi connectivity index (χ4v) is 1.63. The summed E-state index contributed by atoms with van der Waals surface area (Å²) < 4.78 is 15.3. The van der Waals surface area contributed by atoms with Crippen LogP contribution in [-0.2, 0) is 4.79 Å². The maximum atomic E-state index is 13.7. The van der Waals surface area contributed by atoms with Crippen molar-refractivity contribution in [3.8, 4) is 0 Å². The molecular formula is C11H14FNO2S. The third-order valence-electron chi connectivity index (χ3n) is 2.46. The summed E-state index contributed by atoms with van der Waals surface area (Å²) in [5, 5.41) is 8.81. The molecule has 0 fully saturated rings. The molecule has 0 bridgehead atoms. The highest BCUT2D eigenvalue weighted by Crippen LogP contribution is 2.26. The van der Waals surface area contributed by atoms with E-state index in [0.29, 0.717) is 11.3 Å².